The molecule has 0 saturated heterocycles. The van der Waals surface area contributed by atoms with E-state index in [2.05, 4.69) is 22.7 Å². The second-order valence-electron chi connectivity index (χ2n) is 7.37. The third-order valence-corrected chi connectivity index (χ3v) is 5.14. The molecule has 2 N–H and O–H groups in total. The number of unbranched alkanes of at least 4 members (excludes halogenated alkanes) is 2. The molecule has 0 unspecified atom stereocenters. The van der Waals surface area contributed by atoms with Gasteiger partial charge >= 0.3 is 0 Å². The highest BCUT2D eigenvalue weighted by molar-refractivity contribution is 6.06. The third kappa shape index (κ3) is 5.36. The molecule has 0 aliphatic carbocycles. The molecule has 1 heterocycles. The predicted molar refractivity (Wildman–Crippen MR) is 122 cm³/mol. The van der Waals surface area contributed by atoms with E-state index in [9.17, 15) is 14.4 Å². The Morgan fingerprint density at radius 3 is 2.42 bits per heavy atom. The van der Waals surface area contributed by atoms with Gasteiger partial charge in [0.2, 0.25) is 5.91 Å². The number of carbonyl (C=O) groups excluding carboxylic acids is 2. The van der Waals surface area contributed by atoms with Gasteiger partial charge in [0.05, 0.1) is 11.9 Å². The van der Waals surface area contributed by atoms with E-state index in [1.54, 1.807) is 24.3 Å². The van der Waals surface area contributed by atoms with Crippen molar-refractivity contribution in [2.75, 3.05) is 11.9 Å². The number of fused-ring (bicyclic) bond motifs is 1. The van der Waals surface area contributed by atoms with Crippen molar-refractivity contribution in [3.63, 3.8) is 0 Å². The summed E-state index contributed by atoms with van der Waals surface area (Å²) < 4.78 is 1.35. The number of hydrogen-bond acceptors (Lipinski definition) is 4. The molecule has 0 fully saturated rings. The maximum absolute atomic E-state index is 12.9. The van der Waals surface area contributed by atoms with Crippen molar-refractivity contribution in [3.05, 3.63) is 70.1 Å². The van der Waals surface area contributed by atoms with Crippen LogP contribution in [0.2, 0.25) is 0 Å². The summed E-state index contributed by atoms with van der Waals surface area (Å²) in [5, 5.41) is 10.7. The quantitative estimate of drug-likeness (QED) is 0.518. The number of nitrogens with zero attached hydrogens (tertiary/aromatic N) is 2. The highest BCUT2D eigenvalue weighted by Crippen LogP contribution is 2.16. The molecule has 0 radical (unpaired) electrons. The molecule has 2 aromatic carbocycles. The summed E-state index contributed by atoms with van der Waals surface area (Å²) in [6.45, 7) is 4.35. The summed E-state index contributed by atoms with van der Waals surface area (Å²) in [7, 11) is 0. The number of aryl methyl sites for hydroxylation is 2. The van der Waals surface area contributed by atoms with Gasteiger partial charge in [0.15, 0.2) is 5.69 Å². The molecule has 1 aromatic heterocycles. The standard InChI is InChI=1S/C24H28N4O3/c1-3-5-10-15-28-24(31)19-13-8-7-12-18(19)22(27-28)23(30)25-16-21(29)26-20-14-9-6-11-17(20)4-2/h6-9,11-14H,3-5,10,15-16H2,1-2H3,(H,25,30)(H,26,29). The molecule has 3 rings (SSSR count). The van der Waals surface area contributed by atoms with Crippen molar-refractivity contribution in [1.29, 1.82) is 0 Å². The summed E-state index contributed by atoms with van der Waals surface area (Å²) in [5.74, 6) is -0.811. The Kier molecular flexibility index (Phi) is 7.54. The average molecular weight is 421 g/mol. The largest absolute Gasteiger partial charge is 0.342 e. The molecule has 2 amide bonds. The van der Waals surface area contributed by atoms with Crippen LogP contribution in [0.15, 0.2) is 53.3 Å². The first-order valence-corrected chi connectivity index (χ1v) is 10.7. The Labute approximate surface area is 181 Å². The first kappa shape index (κ1) is 22.2. The van der Waals surface area contributed by atoms with Crippen molar-refractivity contribution in [2.24, 2.45) is 0 Å². The highest BCUT2D eigenvalue weighted by Gasteiger charge is 2.17. The van der Waals surface area contributed by atoms with E-state index in [1.165, 1.54) is 4.68 Å². The molecule has 3 aromatic rings. The third-order valence-electron chi connectivity index (χ3n) is 5.14. The molecular formula is C24H28N4O3. The minimum Gasteiger partial charge on any atom is -0.342 e. The van der Waals surface area contributed by atoms with Crippen molar-refractivity contribution in [3.8, 4) is 0 Å². The van der Waals surface area contributed by atoms with E-state index in [4.69, 9.17) is 0 Å². The number of rotatable bonds is 9. The fourth-order valence-corrected chi connectivity index (χ4v) is 3.46. The van der Waals surface area contributed by atoms with Crippen LogP contribution in [-0.2, 0) is 17.8 Å². The first-order chi connectivity index (χ1) is 15.0. The fourth-order valence-electron chi connectivity index (χ4n) is 3.46. The Balaban J connectivity index is 1.77. The molecule has 0 aliphatic heterocycles. The van der Waals surface area contributed by atoms with Gasteiger partial charge in [0.1, 0.15) is 0 Å². The molecule has 0 saturated carbocycles. The van der Waals surface area contributed by atoms with Crippen LogP contribution in [-0.4, -0.2) is 28.1 Å². The van der Waals surface area contributed by atoms with Crippen molar-refractivity contribution < 1.29 is 9.59 Å². The zero-order valence-electron chi connectivity index (χ0n) is 18.0. The molecule has 7 nitrogen and oxygen atoms in total. The Bertz CT molecular complexity index is 1140. The summed E-state index contributed by atoms with van der Waals surface area (Å²) in [6.07, 6.45) is 3.59. The minimum atomic E-state index is -0.487. The van der Waals surface area contributed by atoms with Crippen LogP contribution in [0, 0.1) is 0 Å². The summed E-state index contributed by atoms with van der Waals surface area (Å²) in [5.41, 5.74) is 1.69. The molecule has 7 heteroatoms. The van der Waals surface area contributed by atoms with Gasteiger partial charge in [-0.25, -0.2) is 4.68 Å². The van der Waals surface area contributed by atoms with E-state index >= 15 is 0 Å². The number of nitrogens with one attached hydrogen (secondary N) is 2. The zero-order valence-corrected chi connectivity index (χ0v) is 18.0. The van der Waals surface area contributed by atoms with Crippen LogP contribution in [0.3, 0.4) is 0 Å². The molecule has 0 atom stereocenters. The fraction of sp³-hybridized carbons (Fsp3) is 0.333. The van der Waals surface area contributed by atoms with E-state index in [1.807, 2.05) is 31.2 Å². The van der Waals surface area contributed by atoms with Crippen molar-refractivity contribution in [2.45, 2.75) is 46.1 Å². The Morgan fingerprint density at radius 1 is 0.968 bits per heavy atom. The summed E-state index contributed by atoms with van der Waals surface area (Å²) in [6, 6.07) is 14.5. The maximum atomic E-state index is 12.9. The molecule has 0 spiro atoms. The highest BCUT2D eigenvalue weighted by atomic mass is 16.2. The van der Waals surface area contributed by atoms with Crippen LogP contribution < -0.4 is 16.2 Å². The van der Waals surface area contributed by atoms with Crippen molar-refractivity contribution in [1.82, 2.24) is 15.1 Å². The van der Waals surface area contributed by atoms with Crippen LogP contribution in [0.1, 0.15) is 49.2 Å². The SMILES string of the molecule is CCCCCn1nc(C(=O)NCC(=O)Nc2ccccc2CC)c2ccccc2c1=O. The molecule has 0 aliphatic rings. The Hall–Kier alpha value is -3.48. The van der Waals surface area contributed by atoms with E-state index < -0.39 is 5.91 Å². The van der Waals surface area contributed by atoms with Gasteiger partial charge < -0.3 is 10.6 Å². The lowest BCUT2D eigenvalue weighted by Gasteiger charge is -2.12. The number of benzene rings is 2. The second-order valence-corrected chi connectivity index (χ2v) is 7.37. The van der Waals surface area contributed by atoms with E-state index in [0.29, 0.717) is 17.3 Å². The smallest absolute Gasteiger partial charge is 0.274 e. The number of carbonyl (C=O) groups is 2. The Morgan fingerprint density at radius 2 is 1.68 bits per heavy atom. The monoisotopic (exact) mass is 420 g/mol. The van der Waals surface area contributed by atoms with E-state index in [0.717, 1.165) is 36.9 Å². The van der Waals surface area contributed by atoms with Crippen LogP contribution in [0.4, 0.5) is 5.69 Å². The predicted octanol–water partition coefficient (Wildman–Crippen LogP) is 3.52. The normalized spacial score (nSPS) is 10.8. The first-order valence-electron chi connectivity index (χ1n) is 10.7. The number of aromatic nitrogens is 2. The summed E-state index contributed by atoms with van der Waals surface area (Å²) in [4.78, 5) is 38.0. The van der Waals surface area contributed by atoms with E-state index in [-0.39, 0.29) is 23.7 Å². The van der Waals surface area contributed by atoms with Gasteiger partial charge in [-0.3, -0.25) is 14.4 Å². The lowest BCUT2D eigenvalue weighted by molar-refractivity contribution is -0.115. The lowest BCUT2D eigenvalue weighted by Crippen LogP contribution is -2.35. The van der Waals surface area contributed by atoms with Crippen molar-refractivity contribution >= 4 is 28.3 Å². The molecule has 162 valence electrons. The topological polar surface area (TPSA) is 93.1 Å². The number of para-hydroxylation sites is 1. The second kappa shape index (κ2) is 10.5. The number of anilines is 1. The molecule has 31 heavy (non-hydrogen) atoms. The number of hydrogen-bond donors (Lipinski definition) is 2. The molecular weight excluding hydrogens is 392 g/mol. The lowest BCUT2D eigenvalue weighted by atomic mass is 10.1. The van der Waals surface area contributed by atoms with Gasteiger partial charge in [0.25, 0.3) is 11.5 Å². The van der Waals surface area contributed by atoms with Crippen LogP contribution >= 0.6 is 0 Å². The molecule has 0 bridgehead atoms. The minimum absolute atomic E-state index is 0.147. The number of amides is 2. The summed E-state index contributed by atoms with van der Waals surface area (Å²) >= 11 is 0. The van der Waals surface area contributed by atoms with Gasteiger partial charge in [-0.2, -0.15) is 5.10 Å². The van der Waals surface area contributed by atoms with Gasteiger partial charge in [-0.1, -0.05) is 63.1 Å². The van der Waals surface area contributed by atoms with Gasteiger partial charge in [-0.05, 0) is 30.5 Å². The average Bonchev–Trinajstić information content (AvgIpc) is 2.79. The van der Waals surface area contributed by atoms with Crippen LogP contribution in [0.25, 0.3) is 10.8 Å². The van der Waals surface area contributed by atoms with Crippen LogP contribution in [0.5, 0.6) is 0 Å². The van der Waals surface area contributed by atoms with Gasteiger partial charge in [-0.15, -0.1) is 0 Å². The zero-order chi connectivity index (χ0) is 22.2. The van der Waals surface area contributed by atoms with Gasteiger partial charge in [0, 0.05) is 17.6 Å². The maximum Gasteiger partial charge on any atom is 0.274 e.